The molecule has 2 heteroatoms. The fraction of sp³-hybridized carbons (Fsp3) is 0.333. The summed E-state index contributed by atoms with van der Waals surface area (Å²) in [6.45, 7) is 0. The fourth-order valence-corrected chi connectivity index (χ4v) is 1.82. The number of hydrogen-bond acceptors (Lipinski definition) is 1. The molecule has 1 heterocycles. The SMILES string of the molecule is Cn1cncc1CC1=C=CCC=CCC=CC1. The second-order valence-electron chi connectivity index (χ2n) is 4.24. The summed E-state index contributed by atoms with van der Waals surface area (Å²) in [7, 11) is 2.03. The number of hydrogen-bond donors (Lipinski definition) is 0. The smallest absolute Gasteiger partial charge is 0.0945 e. The molecule has 1 aromatic heterocycles. The molecular formula is C15H18N2. The zero-order chi connectivity index (χ0) is 11.9. The van der Waals surface area contributed by atoms with E-state index in [4.69, 9.17) is 0 Å². The topological polar surface area (TPSA) is 17.8 Å². The van der Waals surface area contributed by atoms with E-state index in [1.807, 2.05) is 19.6 Å². The van der Waals surface area contributed by atoms with E-state index in [2.05, 4.69) is 45.7 Å². The lowest BCUT2D eigenvalue weighted by Crippen LogP contribution is -1.96. The van der Waals surface area contributed by atoms with E-state index in [-0.39, 0.29) is 0 Å². The Balaban J connectivity index is 2.14. The molecular weight excluding hydrogens is 208 g/mol. The molecule has 0 fully saturated rings. The van der Waals surface area contributed by atoms with Gasteiger partial charge in [0.1, 0.15) is 0 Å². The van der Waals surface area contributed by atoms with Crippen LogP contribution in [-0.2, 0) is 13.5 Å². The van der Waals surface area contributed by atoms with E-state index >= 15 is 0 Å². The standard InChI is InChI=1S/C15H18N2/c1-17-13-16-12-15(17)11-14-9-7-5-3-2-4-6-8-10-14/h2-3,6-8,12-13H,4-5,10-11H2,1H3. The van der Waals surface area contributed by atoms with Gasteiger partial charge in [0.05, 0.1) is 6.33 Å². The lowest BCUT2D eigenvalue weighted by Gasteiger charge is -2.03. The van der Waals surface area contributed by atoms with Gasteiger partial charge in [-0.15, -0.1) is 5.73 Å². The molecule has 0 radical (unpaired) electrons. The maximum absolute atomic E-state index is 4.15. The fourth-order valence-electron chi connectivity index (χ4n) is 1.82. The first kappa shape index (κ1) is 11.7. The summed E-state index contributed by atoms with van der Waals surface area (Å²) >= 11 is 0. The molecule has 17 heavy (non-hydrogen) atoms. The van der Waals surface area contributed by atoms with Crippen molar-refractivity contribution in [2.45, 2.75) is 25.7 Å². The van der Waals surface area contributed by atoms with Crippen LogP contribution in [0.3, 0.4) is 0 Å². The molecule has 2 nitrogen and oxygen atoms in total. The third-order valence-electron chi connectivity index (χ3n) is 2.84. The van der Waals surface area contributed by atoms with Crippen molar-refractivity contribution >= 4 is 0 Å². The minimum atomic E-state index is 0.932. The Morgan fingerprint density at radius 2 is 2.06 bits per heavy atom. The molecule has 0 saturated heterocycles. The minimum Gasteiger partial charge on any atom is -0.337 e. The van der Waals surface area contributed by atoms with Gasteiger partial charge >= 0.3 is 0 Å². The predicted molar refractivity (Wildman–Crippen MR) is 70.6 cm³/mol. The van der Waals surface area contributed by atoms with E-state index in [0.717, 1.165) is 25.7 Å². The summed E-state index contributed by atoms with van der Waals surface area (Å²) in [5.74, 6) is 0. The van der Waals surface area contributed by atoms with Crippen molar-refractivity contribution in [3.8, 4) is 0 Å². The largest absolute Gasteiger partial charge is 0.337 e. The highest BCUT2D eigenvalue weighted by molar-refractivity contribution is 5.17. The number of nitrogens with zero attached hydrogens (tertiary/aromatic N) is 2. The third kappa shape index (κ3) is 3.61. The maximum Gasteiger partial charge on any atom is 0.0945 e. The summed E-state index contributed by atoms with van der Waals surface area (Å²) in [4.78, 5) is 4.15. The molecule has 0 unspecified atom stereocenters. The molecule has 0 saturated carbocycles. The number of aromatic nitrogens is 2. The first-order valence-electron chi connectivity index (χ1n) is 6.04. The van der Waals surface area contributed by atoms with E-state index < -0.39 is 0 Å². The Hall–Kier alpha value is -1.79. The van der Waals surface area contributed by atoms with Crippen molar-refractivity contribution in [1.29, 1.82) is 0 Å². The van der Waals surface area contributed by atoms with Crippen LogP contribution in [0.1, 0.15) is 25.0 Å². The van der Waals surface area contributed by atoms with Crippen LogP contribution < -0.4 is 0 Å². The summed E-state index contributed by atoms with van der Waals surface area (Å²) < 4.78 is 2.07. The van der Waals surface area contributed by atoms with Gasteiger partial charge in [-0.3, -0.25) is 0 Å². The summed E-state index contributed by atoms with van der Waals surface area (Å²) in [6.07, 6.45) is 18.6. The lowest BCUT2D eigenvalue weighted by atomic mass is 10.1. The molecule has 0 N–H and O–H groups in total. The summed E-state index contributed by atoms with van der Waals surface area (Å²) in [5, 5.41) is 0. The maximum atomic E-state index is 4.15. The Bertz CT molecular complexity index is 483. The van der Waals surface area contributed by atoms with Crippen LogP contribution in [0.15, 0.2) is 54.2 Å². The van der Waals surface area contributed by atoms with Crippen LogP contribution in [0.25, 0.3) is 0 Å². The van der Waals surface area contributed by atoms with Gasteiger partial charge in [-0.05, 0) is 30.9 Å². The van der Waals surface area contributed by atoms with Gasteiger partial charge in [0.15, 0.2) is 0 Å². The summed E-state index contributed by atoms with van der Waals surface area (Å²) in [5.41, 5.74) is 5.96. The third-order valence-corrected chi connectivity index (χ3v) is 2.84. The van der Waals surface area contributed by atoms with Crippen LogP contribution >= 0.6 is 0 Å². The van der Waals surface area contributed by atoms with Gasteiger partial charge in [-0.25, -0.2) is 4.98 Å². The van der Waals surface area contributed by atoms with Crippen molar-refractivity contribution in [3.63, 3.8) is 0 Å². The zero-order valence-corrected chi connectivity index (χ0v) is 10.3. The Morgan fingerprint density at radius 1 is 1.24 bits per heavy atom. The highest BCUT2D eigenvalue weighted by Crippen LogP contribution is 2.11. The van der Waals surface area contributed by atoms with Crippen molar-refractivity contribution in [3.05, 3.63) is 59.9 Å². The quantitative estimate of drug-likeness (QED) is 0.558. The molecule has 0 atom stereocenters. The van der Waals surface area contributed by atoms with E-state index in [0.29, 0.717) is 0 Å². The van der Waals surface area contributed by atoms with Crippen molar-refractivity contribution in [1.82, 2.24) is 9.55 Å². The monoisotopic (exact) mass is 226 g/mol. The van der Waals surface area contributed by atoms with Crippen LogP contribution in [0, 0.1) is 0 Å². The van der Waals surface area contributed by atoms with Crippen molar-refractivity contribution in [2.24, 2.45) is 7.05 Å². The van der Waals surface area contributed by atoms with E-state index in [1.165, 1.54) is 11.3 Å². The van der Waals surface area contributed by atoms with Crippen LogP contribution in [0.4, 0.5) is 0 Å². The molecule has 0 aliphatic heterocycles. The second kappa shape index (κ2) is 6.07. The molecule has 1 aliphatic carbocycles. The average molecular weight is 226 g/mol. The van der Waals surface area contributed by atoms with Gasteiger partial charge in [-0.1, -0.05) is 24.3 Å². The molecule has 0 bridgehead atoms. The van der Waals surface area contributed by atoms with Crippen LogP contribution in [-0.4, -0.2) is 9.55 Å². The van der Waals surface area contributed by atoms with Crippen molar-refractivity contribution < 1.29 is 0 Å². The van der Waals surface area contributed by atoms with Crippen molar-refractivity contribution in [2.75, 3.05) is 0 Å². The van der Waals surface area contributed by atoms with Gasteiger partial charge in [-0.2, -0.15) is 0 Å². The van der Waals surface area contributed by atoms with Crippen LogP contribution in [0.5, 0.6) is 0 Å². The molecule has 2 rings (SSSR count). The number of rotatable bonds is 2. The lowest BCUT2D eigenvalue weighted by molar-refractivity contribution is 0.833. The Labute approximate surface area is 103 Å². The molecule has 0 spiro atoms. The van der Waals surface area contributed by atoms with E-state index in [9.17, 15) is 0 Å². The normalized spacial score (nSPS) is 15.9. The average Bonchev–Trinajstić information content (AvgIpc) is 2.73. The van der Waals surface area contributed by atoms with Gasteiger partial charge in [0.25, 0.3) is 0 Å². The Morgan fingerprint density at radius 3 is 2.88 bits per heavy atom. The van der Waals surface area contributed by atoms with Crippen LogP contribution in [0.2, 0.25) is 0 Å². The highest BCUT2D eigenvalue weighted by atomic mass is 15.0. The Kier molecular flexibility index (Phi) is 4.17. The minimum absolute atomic E-state index is 0.932. The molecule has 88 valence electrons. The zero-order valence-electron chi connectivity index (χ0n) is 10.3. The van der Waals surface area contributed by atoms with Gasteiger partial charge < -0.3 is 4.57 Å². The highest BCUT2D eigenvalue weighted by Gasteiger charge is 2.01. The molecule has 1 aromatic rings. The number of imidazole rings is 1. The predicted octanol–water partition coefficient (Wildman–Crippen LogP) is 3.34. The number of allylic oxidation sites excluding steroid dienone is 5. The molecule has 0 amide bonds. The first-order valence-corrected chi connectivity index (χ1v) is 6.04. The molecule has 0 aromatic carbocycles. The second-order valence-corrected chi connectivity index (χ2v) is 4.24. The first-order chi connectivity index (χ1) is 8.36. The van der Waals surface area contributed by atoms with Gasteiger partial charge in [0, 0.05) is 25.4 Å². The molecule has 1 aliphatic rings. The number of aryl methyl sites for hydroxylation is 1. The van der Waals surface area contributed by atoms with E-state index in [1.54, 1.807) is 0 Å². The summed E-state index contributed by atoms with van der Waals surface area (Å²) in [6, 6.07) is 0. The van der Waals surface area contributed by atoms with Gasteiger partial charge in [0.2, 0.25) is 0 Å².